The van der Waals surface area contributed by atoms with Gasteiger partial charge in [0.2, 0.25) is 0 Å². The minimum atomic E-state index is 0.709. The van der Waals surface area contributed by atoms with E-state index in [1.165, 1.54) is 51.6 Å². The first kappa shape index (κ1) is 11.4. The normalized spacial score (nSPS) is 26.8. The van der Waals surface area contributed by atoms with Gasteiger partial charge in [0.25, 0.3) is 0 Å². The van der Waals surface area contributed by atoms with Gasteiger partial charge in [0.05, 0.1) is 0 Å². The summed E-state index contributed by atoms with van der Waals surface area (Å²) in [6, 6.07) is 0.709. The van der Waals surface area contributed by atoms with Crippen molar-refractivity contribution in [3.05, 3.63) is 0 Å². The van der Waals surface area contributed by atoms with Crippen LogP contribution in [0.1, 0.15) is 45.4 Å². The van der Waals surface area contributed by atoms with E-state index in [0.29, 0.717) is 6.04 Å². The smallest absolute Gasteiger partial charge is 0.0246 e. The SMILES string of the molecule is CCCC1CN(C(CN)C2CCCC2)C1. The number of hydrogen-bond acceptors (Lipinski definition) is 2. The molecule has 1 saturated heterocycles. The maximum atomic E-state index is 5.94. The van der Waals surface area contributed by atoms with Gasteiger partial charge >= 0.3 is 0 Å². The van der Waals surface area contributed by atoms with Crippen LogP contribution in [0.2, 0.25) is 0 Å². The molecule has 0 radical (unpaired) electrons. The molecule has 2 rings (SSSR count). The van der Waals surface area contributed by atoms with Gasteiger partial charge in [-0.3, -0.25) is 4.90 Å². The van der Waals surface area contributed by atoms with E-state index in [4.69, 9.17) is 5.73 Å². The summed E-state index contributed by atoms with van der Waals surface area (Å²) in [5, 5.41) is 0. The Morgan fingerprint density at radius 2 is 1.93 bits per heavy atom. The summed E-state index contributed by atoms with van der Waals surface area (Å²) in [5.74, 6) is 1.89. The molecule has 1 atom stereocenters. The monoisotopic (exact) mass is 210 g/mol. The van der Waals surface area contributed by atoms with E-state index in [2.05, 4.69) is 11.8 Å². The zero-order chi connectivity index (χ0) is 10.7. The minimum absolute atomic E-state index is 0.709. The lowest BCUT2D eigenvalue weighted by Gasteiger charge is -2.46. The van der Waals surface area contributed by atoms with Crippen LogP contribution in [0.3, 0.4) is 0 Å². The van der Waals surface area contributed by atoms with Crippen LogP contribution in [-0.2, 0) is 0 Å². The van der Waals surface area contributed by atoms with Crippen molar-refractivity contribution >= 4 is 0 Å². The zero-order valence-electron chi connectivity index (χ0n) is 10.1. The number of rotatable bonds is 5. The molecule has 0 spiro atoms. The predicted octanol–water partition coefficient (Wildman–Crippen LogP) is 2.24. The van der Waals surface area contributed by atoms with E-state index < -0.39 is 0 Å². The molecule has 0 amide bonds. The quantitative estimate of drug-likeness (QED) is 0.754. The summed E-state index contributed by atoms with van der Waals surface area (Å²) >= 11 is 0. The third kappa shape index (κ3) is 2.54. The number of nitrogens with zero attached hydrogens (tertiary/aromatic N) is 1. The standard InChI is InChI=1S/C13H26N2/c1-2-5-11-9-15(10-11)13(8-14)12-6-3-4-7-12/h11-13H,2-10,14H2,1H3. The summed E-state index contributed by atoms with van der Waals surface area (Å²) in [4.78, 5) is 2.65. The molecule has 1 unspecified atom stereocenters. The highest BCUT2D eigenvalue weighted by molar-refractivity contribution is 4.90. The molecule has 88 valence electrons. The van der Waals surface area contributed by atoms with Gasteiger partial charge in [0.15, 0.2) is 0 Å². The van der Waals surface area contributed by atoms with Gasteiger partial charge in [0.1, 0.15) is 0 Å². The minimum Gasteiger partial charge on any atom is -0.329 e. The highest BCUT2D eigenvalue weighted by atomic mass is 15.2. The Labute approximate surface area is 94.2 Å². The molecule has 1 saturated carbocycles. The first-order valence-electron chi connectivity index (χ1n) is 6.79. The zero-order valence-corrected chi connectivity index (χ0v) is 10.1. The molecule has 2 fully saturated rings. The number of nitrogens with two attached hydrogens (primary N) is 1. The number of likely N-dealkylation sites (tertiary alicyclic amines) is 1. The van der Waals surface area contributed by atoms with E-state index >= 15 is 0 Å². The average molecular weight is 210 g/mol. The van der Waals surface area contributed by atoms with Crippen LogP contribution in [0.25, 0.3) is 0 Å². The molecule has 0 aromatic heterocycles. The molecule has 1 aliphatic carbocycles. The van der Waals surface area contributed by atoms with Crippen molar-refractivity contribution in [2.75, 3.05) is 19.6 Å². The van der Waals surface area contributed by atoms with E-state index in [1.54, 1.807) is 0 Å². The second-order valence-corrected chi connectivity index (χ2v) is 5.46. The lowest BCUT2D eigenvalue weighted by Crippen LogP contribution is -2.56. The second-order valence-electron chi connectivity index (χ2n) is 5.46. The summed E-state index contributed by atoms with van der Waals surface area (Å²) in [7, 11) is 0. The van der Waals surface area contributed by atoms with Crippen LogP contribution in [0.5, 0.6) is 0 Å². The molecule has 2 N–H and O–H groups in total. The highest BCUT2D eigenvalue weighted by Gasteiger charge is 2.35. The van der Waals surface area contributed by atoms with Crippen molar-refractivity contribution in [3.63, 3.8) is 0 Å². The van der Waals surface area contributed by atoms with Crippen molar-refractivity contribution in [2.45, 2.75) is 51.5 Å². The predicted molar refractivity (Wildman–Crippen MR) is 64.8 cm³/mol. The Morgan fingerprint density at radius 3 is 2.47 bits per heavy atom. The first-order valence-corrected chi connectivity index (χ1v) is 6.79. The molecule has 0 aromatic rings. The maximum absolute atomic E-state index is 5.94. The second kappa shape index (κ2) is 5.31. The molecule has 2 nitrogen and oxygen atoms in total. The van der Waals surface area contributed by atoms with E-state index in [0.717, 1.165) is 18.4 Å². The molecule has 2 aliphatic rings. The van der Waals surface area contributed by atoms with Crippen molar-refractivity contribution in [1.82, 2.24) is 4.90 Å². The molecule has 0 aromatic carbocycles. The summed E-state index contributed by atoms with van der Waals surface area (Å²) in [5.41, 5.74) is 5.94. The van der Waals surface area contributed by atoms with E-state index in [1.807, 2.05) is 0 Å². The fraction of sp³-hybridized carbons (Fsp3) is 1.00. The van der Waals surface area contributed by atoms with Crippen molar-refractivity contribution in [2.24, 2.45) is 17.6 Å². The van der Waals surface area contributed by atoms with Crippen molar-refractivity contribution in [3.8, 4) is 0 Å². The third-order valence-electron chi connectivity index (χ3n) is 4.34. The van der Waals surface area contributed by atoms with Crippen molar-refractivity contribution < 1.29 is 0 Å². The summed E-state index contributed by atoms with van der Waals surface area (Å²) in [6.45, 7) is 5.82. The highest BCUT2D eigenvalue weighted by Crippen LogP contribution is 2.33. The Balaban J connectivity index is 1.76. The molecule has 1 aliphatic heterocycles. The third-order valence-corrected chi connectivity index (χ3v) is 4.34. The van der Waals surface area contributed by atoms with Gasteiger partial charge < -0.3 is 5.73 Å². The van der Waals surface area contributed by atoms with Crippen LogP contribution < -0.4 is 5.73 Å². The summed E-state index contributed by atoms with van der Waals surface area (Å²) < 4.78 is 0. The van der Waals surface area contributed by atoms with Crippen LogP contribution >= 0.6 is 0 Å². The van der Waals surface area contributed by atoms with E-state index in [9.17, 15) is 0 Å². The Kier molecular flexibility index (Phi) is 4.04. The topological polar surface area (TPSA) is 29.3 Å². The summed E-state index contributed by atoms with van der Waals surface area (Å²) in [6.07, 6.45) is 8.49. The number of hydrogen-bond donors (Lipinski definition) is 1. The van der Waals surface area contributed by atoms with E-state index in [-0.39, 0.29) is 0 Å². The fourth-order valence-corrected chi connectivity index (χ4v) is 3.45. The lowest BCUT2D eigenvalue weighted by molar-refractivity contribution is 0.0255. The molecular formula is C13H26N2. The van der Waals surface area contributed by atoms with Gasteiger partial charge in [-0.1, -0.05) is 26.2 Å². The molecular weight excluding hydrogens is 184 g/mol. The maximum Gasteiger partial charge on any atom is 0.0246 e. The average Bonchev–Trinajstić information content (AvgIpc) is 2.68. The van der Waals surface area contributed by atoms with Gasteiger partial charge in [0, 0.05) is 25.7 Å². The Bertz CT molecular complexity index is 181. The Hall–Kier alpha value is -0.0800. The fourth-order valence-electron chi connectivity index (χ4n) is 3.45. The van der Waals surface area contributed by atoms with Gasteiger partial charge in [-0.05, 0) is 31.1 Å². The molecule has 15 heavy (non-hydrogen) atoms. The van der Waals surface area contributed by atoms with Crippen LogP contribution in [-0.4, -0.2) is 30.6 Å². The van der Waals surface area contributed by atoms with Gasteiger partial charge in [-0.2, -0.15) is 0 Å². The van der Waals surface area contributed by atoms with Crippen LogP contribution in [0.15, 0.2) is 0 Å². The van der Waals surface area contributed by atoms with Crippen LogP contribution in [0, 0.1) is 11.8 Å². The van der Waals surface area contributed by atoms with Gasteiger partial charge in [-0.15, -0.1) is 0 Å². The molecule has 0 bridgehead atoms. The largest absolute Gasteiger partial charge is 0.329 e. The lowest BCUT2D eigenvalue weighted by atomic mass is 9.88. The molecule has 1 heterocycles. The Morgan fingerprint density at radius 1 is 1.27 bits per heavy atom. The first-order chi connectivity index (χ1) is 7.35. The molecule has 2 heteroatoms. The van der Waals surface area contributed by atoms with Crippen LogP contribution in [0.4, 0.5) is 0 Å². The van der Waals surface area contributed by atoms with Crippen molar-refractivity contribution in [1.29, 1.82) is 0 Å². The van der Waals surface area contributed by atoms with Gasteiger partial charge in [-0.25, -0.2) is 0 Å².